The van der Waals surface area contributed by atoms with E-state index < -0.39 is 15.8 Å². The lowest BCUT2D eigenvalue weighted by molar-refractivity contribution is 0.350. The quantitative estimate of drug-likeness (QED) is 0.839. The highest BCUT2D eigenvalue weighted by Gasteiger charge is 2.14. The van der Waals surface area contributed by atoms with Gasteiger partial charge in [0.1, 0.15) is 17.3 Å². The molecule has 0 saturated heterocycles. The van der Waals surface area contributed by atoms with Crippen molar-refractivity contribution < 1.29 is 17.9 Å². The number of sulfonamides is 1. The molecule has 0 saturated carbocycles. The minimum atomic E-state index is -3.82. The first-order valence-electron chi connectivity index (χ1n) is 5.85. The predicted molar refractivity (Wildman–Crippen MR) is 75.4 cm³/mol. The molecule has 0 fully saturated rings. The van der Waals surface area contributed by atoms with Crippen LogP contribution in [0, 0.1) is 17.7 Å². The zero-order valence-electron chi connectivity index (χ0n) is 10.7. The molecule has 1 aromatic carbocycles. The van der Waals surface area contributed by atoms with Crippen LogP contribution in [0.1, 0.15) is 5.56 Å². The minimum absolute atomic E-state index is 0.0189. The first-order valence-corrected chi connectivity index (χ1v) is 7.33. The summed E-state index contributed by atoms with van der Waals surface area (Å²) >= 11 is 0. The highest BCUT2D eigenvalue weighted by Crippen LogP contribution is 2.18. The fourth-order valence-corrected chi connectivity index (χ4v) is 2.55. The van der Waals surface area contributed by atoms with Crippen LogP contribution in [0.2, 0.25) is 0 Å². The second-order valence-corrected chi connectivity index (χ2v) is 5.63. The van der Waals surface area contributed by atoms with Gasteiger partial charge in [-0.25, -0.2) is 12.8 Å². The van der Waals surface area contributed by atoms with E-state index >= 15 is 0 Å². The predicted octanol–water partition coefficient (Wildman–Crippen LogP) is 1.37. The Labute approximate surface area is 121 Å². The van der Waals surface area contributed by atoms with Crippen molar-refractivity contribution in [2.24, 2.45) is 0 Å². The number of aliphatic hydroxyl groups excluding tert-OH is 1. The second kappa shape index (κ2) is 6.35. The molecule has 2 rings (SSSR count). The molecule has 0 bridgehead atoms. The SMILES string of the molecule is O=S(=O)(Nc1ccc(C#CCO)c(F)c1)c1cccnc1. The first-order chi connectivity index (χ1) is 10.0. The van der Waals surface area contributed by atoms with Gasteiger partial charge >= 0.3 is 0 Å². The molecule has 1 heterocycles. The standard InChI is InChI=1S/C14H11FN2O3S/c15-14-9-12(6-5-11(14)3-2-8-18)17-21(19,20)13-4-1-7-16-10-13/h1,4-7,9-10,17-18H,8H2. The maximum Gasteiger partial charge on any atom is 0.263 e. The van der Waals surface area contributed by atoms with Crippen molar-refractivity contribution >= 4 is 15.7 Å². The van der Waals surface area contributed by atoms with Gasteiger partial charge in [0.15, 0.2) is 0 Å². The van der Waals surface area contributed by atoms with Crippen LogP contribution in [0.15, 0.2) is 47.6 Å². The lowest BCUT2D eigenvalue weighted by atomic mass is 10.2. The lowest BCUT2D eigenvalue weighted by Crippen LogP contribution is -2.13. The van der Waals surface area contributed by atoms with Gasteiger partial charge in [-0.15, -0.1) is 0 Å². The zero-order valence-corrected chi connectivity index (χ0v) is 11.6. The number of anilines is 1. The number of nitrogens with zero attached hydrogens (tertiary/aromatic N) is 1. The van der Waals surface area contributed by atoms with E-state index in [9.17, 15) is 12.8 Å². The molecule has 0 radical (unpaired) electrons. The van der Waals surface area contributed by atoms with E-state index in [1.165, 1.54) is 36.7 Å². The summed E-state index contributed by atoms with van der Waals surface area (Å²) in [5.74, 6) is 4.06. The van der Waals surface area contributed by atoms with Gasteiger partial charge < -0.3 is 5.11 Å². The summed E-state index contributed by atoms with van der Waals surface area (Å²) in [6.07, 6.45) is 2.65. The van der Waals surface area contributed by atoms with Crippen molar-refractivity contribution in [2.45, 2.75) is 4.90 Å². The summed E-state index contributed by atoms with van der Waals surface area (Å²) in [6, 6.07) is 6.61. The number of aromatic nitrogens is 1. The monoisotopic (exact) mass is 306 g/mol. The number of rotatable bonds is 3. The minimum Gasteiger partial charge on any atom is -0.384 e. The maximum absolute atomic E-state index is 13.7. The van der Waals surface area contributed by atoms with Crippen molar-refractivity contribution in [3.05, 3.63) is 54.1 Å². The van der Waals surface area contributed by atoms with Crippen molar-refractivity contribution in [1.29, 1.82) is 0 Å². The highest BCUT2D eigenvalue weighted by molar-refractivity contribution is 7.92. The Kier molecular flexibility index (Phi) is 4.52. The highest BCUT2D eigenvalue weighted by atomic mass is 32.2. The van der Waals surface area contributed by atoms with Gasteiger partial charge in [-0.1, -0.05) is 11.8 Å². The Balaban J connectivity index is 2.27. The maximum atomic E-state index is 13.7. The van der Waals surface area contributed by atoms with Crippen LogP contribution in [0.5, 0.6) is 0 Å². The number of aliphatic hydroxyl groups is 1. The number of hydrogen-bond acceptors (Lipinski definition) is 4. The van der Waals surface area contributed by atoms with Gasteiger partial charge in [-0.3, -0.25) is 9.71 Å². The van der Waals surface area contributed by atoms with E-state index in [1.54, 1.807) is 0 Å². The molecule has 0 aliphatic carbocycles. The van der Waals surface area contributed by atoms with Gasteiger partial charge in [0.05, 0.1) is 11.3 Å². The Hall–Kier alpha value is -2.43. The van der Waals surface area contributed by atoms with Crippen LogP contribution in [0.4, 0.5) is 10.1 Å². The molecule has 7 heteroatoms. The second-order valence-electron chi connectivity index (χ2n) is 3.95. The number of halogens is 1. The van der Waals surface area contributed by atoms with Crippen molar-refractivity contribution in [2.75, 3.05) is 11.3 Å². The average molecular weight is 306 g/mol. The number of pyridine rings is 1. The first kappa shape index (κ1) is 15.0. The summed E-state index contributed by atoms with van der Waals surface area (Å²) in [5.41, 5.74) is 0.152. The van der Waals surface area contributed by atoms with Crippen molar-refractivity contribution in [3.8, 4) is 11.8 Å². The molecule has 0 amide bonds. The number of benzene rings is 1. The summed E-state index contributed by atoms with van der Waals surface area (Å²) < 4.78 is 40.0. The Bertz CT molecular complexity index is 796. The van der Waals surface area contributed by atoms with Crippen molar-refractivity contribution in [1.82, 2.24) is 4.98 Å². The molecule has 1 aromatic heterocycles. The molecule has 0 aliphatic rings. The van der Waals surface area contributed by atoms with Crippen molar-refractivity contribution in [3.63, 3.8) is 0 Å². The normalized spacial score (nSPS) is 10.6. The largest absolute Gasteiger partial charge is 0.384 e. The zero-order chi connectivity index (χ0) is 15.3. The van der Waals surface area contributed by atoms with E-state index in [0.717, 1.165) is 6.07 Å². The third-order valence-electron chi connectivity index (χ3n) is 2.47. The Morgan fingerprint density at radius 1 is 1.33 bits per heavy atom. The third kappa shape index (κ3) is 3.78. The van der Waals surface area contributed by atoms with E-state index in [2.05, 4.69) is 21.5 Å². The summed E-state index contributed by atoms with van der Waals surface area (Å²) in [4.78, 5) is 3.70. The molecule has 2 N–H and O–H groups in total. The fraction of sp³-hybridized carbons (Fsp3) is 0.0714. The molecule has 108 valence electrons. The molecular weight excluding hydrogens is 295 g/mol. The fourth-order valence-electron chi connectivity index (χ4n) is 1.53. The van der Waals surface area contributed by atoms with Crippen LogP contribution in [-0.2, 0) is 10.0 Å². The average Bonchev–Trinajstić information content (AvgIpc) is 2.47. The van der Waals surface area contributed by atoms with Gasteiger partial charge in [0.2, 0.25) is 0 Å². The van der Waals surface area contributed by atoms with E-state index in [4.69, 9.17) is 5.11 Å². The Morgan fingerprint density at radius 2 is 2.14 bits per heavy atom. The molecule has 21 heavy (non-hydrogen) atoms. The van der Waals surface area contributed by atoms with Gasteiger partial charge in [0.25, 0.3) is 10.0 Å². The summed E-state index contributed by atoms with van der Waals surface area (Å²) in [5, 5.41) is 8.56. The number of nitrogens with one attached hydrogen (secondary N) is 1. The van der Waals surface area contributed by atoms with E-state index in [-0.39, 0.29) is 22.8 Å². The smallest absolute Gasteiger partial charge is 0.263 e. The van der Waals surface area contributed by atoms with Gasteiger partial charge in [-0.2, -0.15) is 0 Å². The van der Waals surface area contributed by atoms with E-state index in [1.807, 2.05) is 0 Å². The summed E-state index contributed by atoms with van der Waals surface area (Å²) in [7, 11) is -3.82. The topological polar surface area (TPSA) is 79.3 Å². The molecule has 0 atom stereocenters. The molecular formula is C14H11FN2O3S. The van der Waals surface area contributed by atoms with Crippen LogP contribution < -0.4 is 4.72 Å². The van der Waals surface area contributed by atoms with Crippen LogP contribution >= 0.6 is 0 Å². The van der Waals surface area contributed by atoms with E-state index in [0.29, 0.717) is 0 Å². The summed E-state index contributed by atoms with van der Waals surface area (Å²) in [6.45, 7) is -0.380. The number of hydrogen-bond donors (Lipinski definition) is 2. The molecule has 0 aliphatic heterocycles. The van der Waals surface area contributed by atoms with Crippen LogP contribution in [0.25, 0.3) is 0 Å². The lowest BCUT2D eigenvalue weighted by Gasteiger charge is -2.08. The van der Waals surface area contributed by atoms with Gasteiger partial charge in [-0.05, 0) is 30.3 Å². The van der Waals surface area contributed by atoms with Crippen LogP contribution in [-0.4, -0.2) is 25.1 Å². The Morgan fingerprint density at radius 3 is 2.76 bits per heavy atom. The van der Waals surface area contributed by atoms with Gasteiger partial charge in [0, 0.05) is 12.4 Å². The van der Waals surface area contributed by atoms with Crippen LogP contribution in [0.3, 0.4) is 0 Å². The molecule has 0 unspecified atom stereocenters. The molecule has 0 spiro atoms. The third-order valence-corrected chi connectivity index (χ3v) is 3.83. The molecule has 5 nitrogen and oxygen atoms in total. The molecule has 2 aromatic rings.